The minimum absolute atomic E-state index is 0.228. The second-order valence-electron chi connectivity index (χ2n) is 7.01. The van der Waals surface area contributed by atoms with Gasteiger partial charge in [0.15, 0.2) is 6.10 Å². The van der Waals surface area contributed by atoms with Gasteiger partial charge in [0.1, 0.15) is 5.82 Å². The predicted molar refractivity (Wildman–Crippen MR) is 106 cm³/mol. The maximum Gasteiger partial charge on any atom is 0.338 e. The number of nitrogens with one attached hydrogen (secondary N) is 1. The summed E-state index contributed by atoms with van der Waals surface area (Å²) >= 11 is 0. The molecule has 0 saturated carbocycles. The molecule has 3 aromatic rings. The van der Waals surface area contributed by atoms with Gasteiger partial charge in [0.25, 0.3) is 5.91 Å². The van der Waals surface area contributed by atoms with Gasteiger partial charge in [-0.25, -0.2) is 9.18 Å². The number of aromatic amines is 1. The topological polar surface area (TPSA) is 62.4 Å². The molecule has 1 aromatic heterocycles. The number of carbonyl (C=O) groups is 2. The normalized spacial score (nSPS) is 12.0. The molecule has 3 rings (SSSR count). The van der Waals surface area contributed by atoms with Crippen molar-refractivity contribution in [3.05, 3.63) is 70.7 Å². The second-order valence-corrected chi connectivity index (χ2v) is 7.01. The molecule has 146 valence electrons. The summed E-state index contributed by atoms with van der Waals surface area (Å²) in [6, 6.07) is 11.3. The van der Waals surface area contributed by atoms with Gasteiger partial charge in [0.05, 0.1) is 5.56 Å². The first-order valence-corrected chi connectivity index (χ1v) is 9.05. The molecule has 0 spiro atoms. The molecule has 1 unspecified atom stereocenters. The van der Waals surface area contributed by atoms with Crippen molar-refractivity contribution in [2.75, 3.05) is 7.05 Å². The van der Waals surface area contributed by atoms with Gasteiger partial charge in [-0.05, 0) is 62.2 Å². The molecule has 0 radical (unpaired) electrons. The van der Waals surface area contributed by atoms with Crippen molar-refractivity contribution < 1.29 is 18.7 Å². The summed E-state index contributed by atoms with van der Waals surface area (Å²) in [5, 5.41) is 0.953. The third-order valence-corrected chi connectivity index (χ3v) is 4.86. The largest absolute Gasteiger partial charge is 0.449 e. The Labute approximate surface area is 163 Å². The van der Waals surface area contributed by atoms with Crippen LogP contribution in [0.25, 0.3) is 10.9 Å². The van der Waals surface area contributed by atoms with E-state index in [-0.39, 0.29) is 18.3 Å². The molecule has 28 heavy (non-hydrogen) atoms. The molecule has 0 aliphatic rings. The molecule has 1 atom stereocenters. The zero-order valence-corrected chi connectivity index (χ0v) is 16.4. The van der Waals surface area contributed by atoms with E-state index in [2.05, 4.69) is 4.98 Å². The first-order valence-electron chi connectivity index (χ1n) is 9.05. The molecule has 5 nitrogen and oxygen atoms in total. The fourth-order valence-electron chi connectivity index (χ4n) is 3.16. The Morgan fingerprint density at radius 3 is 2.64 bits per heavy atom. The molecule has 6 heteroatoms. The van der Waals surface area contributed by atoms with Crippen LogP contribution in [-0.4, -0.2) is 34.9 Å². The first kappa shape index (κ1) is 19.6. The summed E-state index contributed by atoms with van der Waals surface area (Å²) in [4.78, 5) is 29.7. The van der Waals surface area contributed by atoms with Gasteiger partial charge in [-0.2, -0.15) is 0 Å². The first-order chi connectivity index (χ1) is 13.3. The van der Waals surface area contributed by atoms with E-state index >= 15 is 0 Å². The van der Waals surface area contributed by atoms with Crippen LogP contribution in [0.3, 0.4) is 0 Å². The number of halogens is 1. The van der Waals surface area contributed by atoms with E-state index in [1.165, 1.54) is 24.0 Å². The van der Waals surface area contributed by atoms with Crippen LogP contribution in [0.5, 0.6) is 0 Å². The molecule has 1 heterocycles. The number of aryl methyl sites for hydroxylation is 2. The van der Waals surface area contributed by atoms with E-state index in [0.717, 1.165) is 22.2 Å². The Morgan fingerprint density at radius 1 is 1.18 bits per heavy atom. The van der Waals surface area contributed by atoms with Crippen molar-refractivity contribution in [2.45, 2.75) is 33.4 Å². The van der Waals surface area contributed by atoms with Crippen molar-refractivity contribution in [3.63, 3.8) is 0 Å². The van der Waals surface area contributed by atoms with E-state index in [0.29, 0.717) is 11.1 Å². The number of fused-ring (bicyclic) bond motifs is 1. The standard InChI is InChI=1S/C22H23FN2O3/c1-13-14(2)24-20-9-8-17(11-19(13)20)22(27)28-15(3)21(26)25(4)12-16-6-5-7-18(23)10-16/h5-11,15,24H,12H2,1-4H3. The van der Waals surface area contributed by atoms with Gasteiger partial charge < -0.3 is 14.6 Å². The van der Waals surface area contributed by atoms with Gasteiger partial charge in [0, 0.05) is 30.2 Å². The predicted octanol–water partition coefficient (Wildman–Crippen LogP) is 4.13. The van der Waals surface area contributed by atoms with Crippen LogP contribution in [0.1, 0.15) is 34.1 Å². The Kier molecular flexibility index (Phi) is 5.49. The lowest BCUT2D eigenvalue weighted by Crippen LogP contribution is -2.37. The number of hydrogen-bond donors (Lipinski definition) is 1. The second kappa shape index (κ2) is 7.84. The molecule has 0 bridgehead atoms. The van der Waals surface area contributed by atoms with E-state index in [9.17, 15) is 14.0 Å². The van der Waals surface area contributed by atoms with Gasteiger partial charge in [0.2, 0.25) is 0 Å². The van der Waals surface area contributed by atoms with E-state index in [1.807, 2.05) is 19.9 Å². The lowest BCUT2D eigenvalue weighted by atomic mass is 10.1. The highest BCUT2D eigenvalue weighted by molar-refractivity contribution is 5.97. The summed E-state index contributed by atoms with van der Waals surface area (Å²) in [6.07, 6.45) is -0.948. The Balaban J connectivity index is 1.67. The molecule has 1 amide bonds. The highest BCUT2D eigenvalue weighted by atomic mass is 19.1. The zero-order valence-electron chi connectivity index (χ0n) is 16.4. The summed E-state index contributed by atoms with van der Waals surface area (Å²) < 4.78 is 18.7. The van der Waals surface area contributed by atoms with Crippen LogP contribution in [0.15, 0.2) is 42.5 Å². The van der Waals surface area contributed by atoms with E-state index in [1.54, 1.807) is 31.3 Å². The number of H-pyrrole nitrogens is 1. The van der Waals surface area contributed by atoms with E-state index in [4.69, 9.17) is 4.74 Å². The number of nitrogens with zero attached hydrogens (tertiary/aromatic N) is 1. The summed E-state index contributed by atoms with van der Waals surface area (Å²) in [7, 11) is 1.59. The number of amides is 1. The van der Waals surface area contributed by atoms with Gasteiger partial charge in [-0.15, -0.1) is 0 Å². The third-order valence-electron chi connectivity index (χ3n) is 4.86. The summed E-state index contributed by atoms with van der Waals surface area (Å²) in [5.41, 5.74) is 4.12. The highest BCUT2D eigenvalue weighted by Gasteiger charge is 2.23. The fourth-order valence-corrected chi connectivity index (χ4v) is 3.16. The minimum atomic E-state index is -0.948. The SMILES string of the molecule is Cc1[nH]c2ccc(C(=O)OC(C)C(=O)N(C)Cc3cccc(F)c3)cc2c1C. The lowest BCUT2D eigenvalue weighted by Gasteiger charge is -2.21. The number of carbonyl (C=O) groups excluding carboxylic acids is 2. The lowest BCUT2D eigenvalue weighted by molar-refractivity contribution is -0.139. The smallest absolute Gasteiger partial charge is 0.338 e. The van der Waals surface area contributed by atoms with Gasteiger partial charge in [-0.1, -0.05) is 12.1 Å². The van der Waals surface area contributed by atoms with Crippen LogP contribution in [0.4, 0.5) is 4.39 Å². The van der Waals surface area contributed by atoms with Gasteiger partial charge in [-0.3, -0.25) is 4.79 Å². The van der Waals surface area contributed by atoms with Crippen LogP contribution in [0.2, 0.25) is 0 Å². The molecular weight excluding hydrogens is 359 g/mol. The van der Waals surface area contributed by atoms with Crippen molar-refractivity contribution in [3.8, 4) is 0 Å². The molecule has 0 fully saturated rings. The minimum Gasteiger partial charge on any atom is -0.449 e. The number of likely N-dealkylation sites (N-methyl/N-ethyl adjacent to an activating group) is 1. The van der Waals surface area contributed by atoms with Crippen LogP contribution >= 0.6 is 0 Å². The van der Waals surface area contributed by atoms with Crippen LogP contribution in [0, 0.1) is 19.7 Å². The van der Waals surface area contributed by atoms with Crippen molar-refractivity contribution in [2.24, 2.45) is 0 Å². The highest BCUT2D eigenvalue weighted by Crippen LogP contribution is 2.23. The number of ether oxygens (including phenoxy) is 1. The van der Waals surface area contributed by atoms with Gasteiger partial charge >= 0.3 is 5.97 Å². The molecule has 2 aromatic carbocycles. The summed E-state index contributed by atoms with van der Waals surface area (Å²) in [6.45, 7) is 5.72. The van der Waals surface area contributed by atoms with Crippen molar-refractivity contribution in [1.82, 2.24) is 9.88 Å². The van der Waals surface area contributed by atoms with E-state index < -0.39 is 12.1 Å². The number of benzene rings is 2. The fraction of sp³-hybridized carbons (Fsp3) is 0.273. The van der Waals surface area contributed by atoms with Crippen molar-refractivity contribution >= 4 is 22.8 Å². The molecule has 0 aliphatic carbocycles. The Morgan fingerprint density at radius 2 is 1.93 bits per heavy atom. The monoisotopic (exact) mass is 382 g/mol. The molecule has 0 aliphatic heterocycles. The Hall–Kier alpha value is -3.15. The summed E-state index contributed by atoms with van der Waals surface area (Å²) in [5.74, 6) is -1.27. The molecule has 0 saturated heterocycles. The molecule has 1 N–H and O–H groups in total. The van der Waals surface area contributed by atoms with Crippen molar-refractivity contribution in [1.29, 1.82) is 0 Å². The number of esters is 1. The average Bonchev–Trinajstić information content (AvgIpc) is 2.94. The third kappa shape index (κ3) is 4.06. The quantitative estimate of drug-likeness (QED) is 0.675. The average molecular weight is 382 g/mol. The Bertz CT molecular complexity index is 1040. The zero-order chi connectivity index (χ0) is 20.4. The van der Waals surface area contributed by atoms with Crippen LogP contribution in [-0.2, 0) is 16.1 Å². The van der Waals surface area contributed by atoms with Crippen LogP contribution < -0.4 is 0 Å². The number of rotatable bonds is 5. The number of hydrogen-bond acceptors (Lipinski definition) is 3. The maximum absolute atomic E-state index is 13.3. The molecular formula is C22H23FN2O3. The maximum atomic E-state index is 13.3. The number of aromatic nitrogens is 1.